The summed E-state index contributed by atoms with van der Waals surface area (Å²) in [6.07, 6.45) is 0. The van der Waals surface area contributed by atoms with E-state index >= 15 is 0 Å². The normalized spacial score (nSPS) is 11.4. The van der Waals surface area contributed by atoms with Crippen LogP contribution < -0.4 is 18.1 Å². The summed E-state index contributed by atoms with van der Waals surface area (Å²) in [5.74, 6) is 1.33. The van der Waals surface area contributed by atoms with Gasteiger partial charge in [0.15, 0.2) is 0 Å². The second-order valence-electron chi connectivity index (χ2n) is 6.59. The highest BCUT2D eigenvalue weighted by Gasteiger charge is 2.42. The topological polar surface area (TPSA) is 63.2 Å². The van der Waals surface area contributed by atoms with Crippen molar-refractivity contribution in [2.75, 3.05) is 0 Å². The second-order valence-corrected chi connectivity index (χ2v) is 11.1. The first-order valence-corrected chi connectivity index (χ1v) is 13.9. The molecule has 0 aromatic heterocycles. The van der Waals surface area contributed by atoms with Crippen molar-refractivity contribution >= 4 is 26.3 Å². The van der Waals surface area contributed by atoms with Crippen molar-refractivity contribution in [3.8, 4) is 23.0 Å². The van der Waals surface area contributed by atoms with Gasteiger partial charge in [0.1, 0.15) is 23.0 Å². The third kappa shape index (κ3) is 6.95. The van der Waals surface area contributed by atoms with Crippen LogP contribution in [0, 0.1) is 0 Å². The Bertz CT molecular complexity index is 1050. The lowest BCUT2D eigenvalue weighted by molar-refractivity contribution is 0.277. The van der Waals surface area contributed by atoms with Gasteiger partial charge in [-0.25, -0.2) is 4.57 Å². The molecule has 4 aromatic rings. The van der Waals surface area contributed by atoms with Crippen molar-refractivity contribution in [3.63, 3.8) is 0 Å². The molecule has 0 fully saturated rings. The summed E-state index contributed by atoms with van der Waals surface area (Å²) in [4.78, 5) is 0. The highest BCUT2D eigenvalue weighted by atomic mass is 32.5. The van der Waals surface area contributed by atoms with E-state index in [0.717, 1.165) is 0 Å². The third-order valence-corrected chi connectivity index (χ3v) is 8.43. The number of hydrogen-bond donors (Lipinski definition) is 0. The quantitative estimate of drug-likeness (QED) is 0.208. The van der Waals surface area contributed by atoms with E-state index in [9.17, 15) is 4.57 Å². The Morgan fingerprint density at radius 1 is 0.455 bits per heavy atom. The Morgan fingerprint density at radius 3 is 1.03 bits per heavy atom. The summed E-state index contributed by atoms with van der Waals surface area (Å²) in [5, 5.41) is 0. The van der Waals surface area contributed by atoms with Gasteiger partial charge in [0.2, 0.25) is 0 Å². The van der Waals surface area contributed by atoms with Crippen LogP contribution in [0.1, 0.15) is 0 Å². The molecule has 0 radical (unpaired) electrons. The number of phosphoric acid groups is 1. The molecule has 6 nitrogen and oxygen atoms in total. The van der Waals surface area contributed by atoms with E-state index in [1.165, 1.54) is 0 Å². The maximum absolute atomic E-state index is 13.9. The van der Waals surface area contributed by atoms with Crippen LogP contribution in [0.5, 0.6) is 23.0 Å². The van der Waals surface area contributed by atoms with Crippen molar-refractivity contribution < 1.29 is 27.0 Å². The molecule has 0 heterocycles. The van der Waals surface area contributed by atoms with Crippen LogP contribution in [0.15, 0.2) is 121 Å². The lowest BCUT2D eigenvalue weighted by Gasteiger charge is -2.26. The van der Waals surface area contributed by atoms with Crippen LogP contribution in [0.4, 0.5) is 0 Å². The first-order chi connectivity index (χ1) is 16.0. The molecule has 168 valence electrons. The van der Waals surface area contributed by atoms with Crippen LogP contribution >= 0.6 is 14.5 Å². The van der Waals surface area contributed by atoms with Crippen molar-refractivity contribution in [3.05, 3.63) is 121 Å². The minimum Gasteiger partial charge on any atom is -0.415 e. The standard InChI is InChI=1S/C24H20O6P2S/c25-31(26-21-13-5-1-6-14-21,27-22-15-7-2-8-16-22)30-32(33,28-23-17-9-3-10-18-23)29-24-19-11-4-12-20-24/h1-20H. The van der Waals surface area contributed by atoms with E-state index in [-0.39, 0.29) is 11.5 Å². The molecule has 0 bridgehead atoms. The largest absolute Gasteiger partial charge is 0.596 e. The Morgan fingerprint density at radius 2 is 0.727 bits per heavy atom. The maximum Gasteiger partial charge on any atom is 0.596 e. The average molecular weight is 498 g/mol. The summed E-state index contributed by atoms with van der Waals surface area (Å²) in [6.45, 7) is -3.74. The molecule has 4 rings (SSSR count). The molecule has 0 amide bonds. The predicted octanol–water partition coefficient (Wildman–Crippen LogP) is 7.65. The summed E-state index contributed by atoms with van der Waals surface area (Å²) in [5.41, 5.74) is 0. The number of phosphoric ester groups is 1. The highest BCUT2D eigenvalue weighted by molar-refractivity contribution is 8.09. The van der Waals surface area contributed by atoms with Gasteiger partial charge in [-0.2, -0.15) is 4.31 Å². The average Bonchev–Trinajstić information content (AvgIpc) is 2.81. The molecule has 0 saturated carbocycles. The van der Waals surface area contributed by atoms with Gasteiger partial charge in [0, 0.05) is 11.8 Å². The van der Waals surface area contributed by atoms with Crippen LogP contribution in [0.2, 0.25) is 0 Å². The van der Waals surface area contributed by atoms with E-state index in [1.54, 1.807) is 109 Å². The van der Waals surface area contributed by atoms with Gasteiger partial charge >= 0.3 is 14.5 Å². The summed E-state index contributed by atoms with van der Waals surface area (Å²) in [7, 11) is -4.36. The van der Waals surface area contributed by atoms with Crippen LogP contribution in [0.3, 0.4) is 0 Å². The molecule has 4 aromatic carbocycles. The second kappa shape index (κ2) is 10.7. The maximum atomic E-state index is 13.9. The SMILES string of the molecule is O=P(Oc1ccccc1)(Oc1ccccc1)OP(=S)(Oc1ccccc1)Oc1ccccc1. The molecular weight excluding hydrogens is 478 g/mol. The van der Waals surface area contributed by atoms with Crippen molar-refractivity contribution in [2.45, 2.75) is 0 Å². The molecule has 0 atom stereocenters. The minimum atomic E-state index is -4.36. The zero-order valence-electron chi connectivity index (χ0n) is 17.3. The molecule has 0 aliphatic carbocycles. The minimum absolute atomic E-state index is 0.276. The zero-order valence-corrected chi connectivity index (χ0v) is 19.9. The summed E-state index contributed by atoms with van der Waals surface area (Å²) in [6, 6.07) is 34.6. The van der Waals surface area contributed by atoms with Gasteiger partial charge in [0.05, 0.1) is 0 Å². The van der Waals surface area contributed by atoms with Gasteiger partial charge < -0.3 is 18.1 Å². The van der Waals surface area contributed by atoms with Gasteiger partial charge in [-0.15, -0.1) is 0 Å². The van der Waals surface area contributed by atoms with E-state index in [1.807, 2.05) is 12.1 Å². The predicted molar refractivity (Wildman–Crippen MR) is 131 cm³/mol. The van der Waals surface area contributed by atoms with E-state index in [2.05, 4.69) is 0 Å². The zero-order chi connectivity index (χ0) is 23.0. The fraction of sp³-hybridized carbons (Fsp3) is 0. The highest BCUT2D eigenvalue weighted by Crippen LogP contribution is 2.64. The number of benzene rings is 4. The molecular formula is C24H20O6P2S. The van der Waals surface area contributed by atoms with Gasteiger partial charge in [-0.1, -0.05) is 72.8 Å². The van der Waals surface area contributed by atoms with Crippen LogP contribution in [-0.4, -0.2) is 0 Å². The monoisotopic (exact) mass is 498 g/mol. The van der Waals surface area contributed by atoms with E-state index < -0.39 is 14.5 Å². The first kappa shape index (κ1) is 23.1. The fourth-order valence-corrected chi connectivity index (χ4v) is 7.03. The Labute approximate surface area is 197 Å². The van der Waals surface area contributed by atoms with Crippen LogP contribution in [-0.2, 0) is 20.7 Å². The molecule has 0 N–H and O–H groups in total. The molecule has 0 aliphatic rings. The molecule has 33 heavy (non-hydrogen) atoms. The lowest BCUT2D eigenvalue weighted by Crippen LogP contribution is -2.10. The van der Waals surface area contributed by atoms with E-state index in [0.29, 0.717) is 11.5 Å². The Hall–Kier alpha value is -3.08. The molecule has 9 heteroatoms. The van der Waals surface area contributed by atoms with E-state index in [4.69, 9.17) is 34.2 Å². The van der Waals surface area contributed by atoms with Crippen LogP contribution in [0.25, 0.3) is 0 Å². The van der Waals surface area contributed by atoms with Crippen molar-refractivity contribution in [1.82, 2.24) is 0 Å². The lowest BCUT2D eigenvalue weighted by atomic mass is 10.3. The van der Waals surface area contributed by atoms with Gasteiger partial charge in [-0.05, 0) is 48.5 Å². The number of rotatable bonds is 10. The van der Waals surface area contributed by atoms with Gasteiger partial charge in [-0.3, -0.25) is 0 Å². The van der Waals surface area contributed by atoms with Crippen molar-refractivity contribution in [2.24, 2.45) is 0 Å². The smallest absolute Gasteiger partial charge is 0.415 e. The molecule has 0 saturated heterocycles. The Kier molecular flexibility index (Phi) is 7.48. The summed E-state index contributed by atoms with van der Waals surface area (Å²) < 4.78 is 42.9. The van der Waals surface area contributed by atoms with Crippen molar-refractivity contribution in [1.29, 1.82) is 0 Å². The third-order valence-electron chi connectivity index (χ3n) is 4.04. The number of para-hydroxylation sites is 4. The first-order valence-electron chi connectivity index (χ1n) is 9.92. The molecule has 0 spiro atoms. The fourth-order valence-electron chi connectivity index (χ4n) is 2.67. The molecule has 0 aliphatic heterocycles. The summed E-state index contributed by atoms with van der Waals surface area (Å²) >= 11 is 5.66. The molecule has 0 unspecified atom stereocenters. The van der Waals surface area contributed by atoms with Gasteiger partial charge in [0.25, 0.3) is 0 Å². The number of hydrogen-bond acceptors (Lipinski definition) is 7. The Balaban J connectivity index is 1.69.